The molecule has 3 fully saturated rings. The first-order valence-corrected chi connectivity index (χ1v) is 17.7. The Morgan fingerprint density at radius 1 is 1.18 bits per heavy atom. The average Bonchev–Trinajstić information content (AvgIpc) is 3.73. The molecule has 1 unspecified atom stereocenters. The van der Waals surface area contributed by atoms with Crippen LogP contribution in [0.25, 0.3) is 0 Å². The Kier molecular flexibility index (Phi) is 13.2. The van der Waals surface area contributed by atoms with Crippen LogP contribution in [0.2, 0.25) is 0 Å². The van der Waals surface area contributed by atoms with Gasteiger partial charge in [0.05, 0.1) is 43.2 Å². The van der Waals surface area contributed by atoms with Gasteiger partial charge in [-0.1, -0.05) is 69.7 Å². The van der Waals surface area contributed by atoms with E-state index in [-0.39, 0.29) is 55.9 Å². The first kappa shape index (κ1) is 38.3. The van der Waals surface area contributed by atoms with Gasteiger partial charge in [-0.25, -0.2) is 0 Å². The summed E-state index contributed by atoms with van der Waals surface area (Å²) in [4.78, 5) is 59.9. The summed E-state index contributed by atoms with van der Waals surface area (Å²) in [5, 5.41) is 13.5. The first-order chi connectivity index (χ1) is 23.5. The van der Waals surface area contributed by atoms with Crippen LogP contribution in [0.1, 0.15) is 77.9 Å². The second-order valence-corrected chi connectivity index (χ2v) is 13.9. The molecule has 3 saturated heterocycles. The van der Waals surface area contributed by atoms with Crippen LogP contribution >= 0.6 is 0 Å². The van der Waals surface area contributed by atoms with Crippen LogP contribution in [0.5, 0.6) is 0 Å². The topological polar surface area (TPSA) is 135 Å². The highest BCUT2D eigenvalue weighted by Crippen LogP contribution is 2.59. The predicted molar refractivity (Wildman–Crippen MR) is 185 cm³/mol. The van der Waals surface area contributed by atoms with E-state index in [9.17, 15) is 24.3 Å². The van der Waals surface area contributed by atoms with Gasteiger partial charge in [-0.05, 0) is 44.1 Å². The number of carbonyl (C=O) groups is 4. The van der Waals surface area contributed by atoms with Crippen LogP contribution < -0.4 is 5.32 Å². The van der Waals surface area contributed by atoms with Gasteiger partial charge in [0.15, 0.2) is 0 Å². The lowest BCUT2D eigenvalue weighted by Crippen LogP contribution is -2.60. The lowest BCUT2D eigenvalue weighted by molar-refractivity contribution is -0.164. The van der Waals surface area contributed by atoms with Crippen molar-refractivity contribution in [3.05, 3.63) is 61.2 Å². The number of esters is 1. The lowest BCUT2D eigenvalue weighted by atomic mass is 9.70. The standard InChI is InChI=1S/C38H55N3O8/c1-8-11-18-30(43)39-27(23-47-7)33(26-16-13-12-14-17-26)48-37(46)31-29-19-20-38(49-29)32(31)35(44)41(28(22-42)24(4)5)34(38)36(45)40(21-10-3)25(6)15-9-2/h8,10,12-14,16-17,24-25,27-29,31-34,42H,1,3,9,11,15,18-23H2,2,4-7H3,(H,39,43)/t25?,27-,28+,29+,31-,32-,33-,34+,38-/m1/s1. The minimum atomic E-state index is -1.26. The average molecular weight is 682 g/mol. The van der Waals surface area contributed by atoms with E-state index in [1.807, 2.05) is 51.1 Å². The van der Waals surface area contributed by atoms with Crippen molar-refractivity contribution in [3.8, 4) is 0 Å². The molecule has 3 aliphatic rings. The Morgan fingerprint density at radius 2 is 1.90 bits per heavy atom. The summed E-state index contributed by atoms with van der Waals surface area (Å²) in [5.74, 6) is -3.68. The number of methoxy groups -OCH3 is 1. The van der Waals surface area contributed by atoms with E-state index in [0.29, 0.717) is 24.8 Å². The molecule has 3 heterocycles. The number of rotatable bonds is 19. The van der Waals surface area contributed by atoms with Gasteiger partial charge in [0.1, 0.15) is 17.7 Å². The van der Waals surface area contributed by atoms with Crippen molar-refractivity contribution in [2.75, 3.05) is 26.9 Å². The third kappa shape index (κ3) is 7.64. The van der Waals surface area contributed by atoms with Gasteiger partial charge in [-0.2, -0.15) is 0 Å². The van der Waals surface area contributed by atoms with Crippen molar-refractivity contribution < 1.29 is 38.5 Å². The van der Waals surface area contributed by atoms with E-state index >= 15 is 0 Å². The maximum atomic E-state index is 14.7. The van der Waals surface area contributed by atoms with Gasteiger partial charge >= 0.3 is 5.97 Å². The van der Waals surface area contributed by atoms with Gasteiger partial charge in [0.25, 0.3) is 0 Å². The number of ether oxygens (including phenoxy) is 3. The molecule has 2 N–H and O–H groups in total. The number of allylic oxidation sites excluding steroid dienone is 1. The minimum absolute atomic E-state index is 0.0650. The van der Waals surface area contributed by atoms with Gasteiger partial charge in [-0.15, -0.1) is 13.2 Å². The van der Waals surface area contributed by atoms with Gasteiger partial charge in [0, 0.05) is 26.1 Å². The molecule has 1 aromatic rings. The fourth-order valence-electron chi connectivity index (χ4n) is 8.10. The lowest BCUT2D eigenvalue weighted by Gasteiger charge is -2.41. The third-order valence-electron chi connectivity index (χ3n) is 10.4. The molecule has 0 saturated carbocycles. The Hall–Kier alpha value is -3.54. The van der Waals surface area contributed by atoms with E-state index in [2.05, 4.69) is 25.4 Å². The van der Waals surface area contributed by atoms with Crippen molar-refractivity contribution in [2.24, 2.45) is 17.8 Å². The van der Waals surface area contributed by atoms with Crippen molar-refractivity contribution >= 4 is 23.7 Å². The highest BCUT2D eigenvalue weighted by Gasteiger charge is 2.76. The van der Waals surface area contributed by atoms with E-state index in [1.165, 1.54) is 12.0 Å². The smallest absolute Gasteiger partial charge is 0.313 e. The zero-order valence-electron chi connectivity index (χ0n) is 29.7. The molecular weight excluding hydrogens is 626 g/mol. The molecule has 11 nitrogen and oxygen atoms in total. The molecule has 11 heteroatoms. The van der Waals surface area contributed by atoms with Gasteiger partial charge in [0.2, 0.25) is 17.7 Å². The molecule has 0 radical (unpaired) electrons. The maximum absolute atomic E-state index is 14.7. The maximum Gasteiger partial charge on any atom is 0.313 e. The minimum Gasteiger partial charge on any atom is -0.455 e. The zero-order chi connectivity index (χ0) is 35.9. The van der Waals surface area contributed by atoms with Crippen molar-refractivity contribution in [1.29, 1.82) is 0 Å². The summed E-state index contributed by atoms with van der Waals surface area (Å²) in [7, 11) is 1.51. The summed E-state index contributed by atoms with van der Waals surface area (Å²) in [6.45, 7) is 15.4. The summed E-state index contributed by atoms with van der Waals surface area (Å²) in [6.07, 6.45) is 4.97. The Balaban J connectivity index is 1.74. The molecule has 1 spiro atoms. The van der Waals surface area contributed by atoms with E-state index < -0.39 is 53.7 Å². The van der Waals surface area contributed by atoms with Crippen LogP contribution in [0.3, 0.4) is 0 Å². The Morgan fingerprint density at radius 3 is 2.49 bits per heavy atom. The van der Waals surface area contributed by atoms with Crippen molar-refractivity contribution in [1.82, 2.24) is 15.1 Å². The molecule has 270 valence electrons. The number of aliphatic hydroxyl groups is 1. The number of benzene rings is 1. The number of likely N-dealkylation sites (tertiary alicyclic amines) is 1. The van der Waals surface area contributed by atoms with Gasteiger partial charge in [-0.3, -0.25) is 19.2 Å². The number of amides is 3. The summed E-state index contributed by atoms with van der Waals surface area (Å²) < 4.78 is 18.4. The fraction of sp³-hybridized carbons (Fsp3) is 0.632. The summed E-state index contributed by atoms with van der Waals surface area (Å²) in [5.41, 5.74) is -0.609. The predicted octanol–water partition coefficient (Wildman–Crippen LogP) is 3.96. The number of hydrogen-bond acceptors (Lipinski definition) is 8. The van der Waals surface area contributed by atoms with Crippen LogP contribution in [0.15, 0.2) is 55.6 Å². The van der Waals surface area contributed by atoms with E-state index in [0.717, 1.165) is 12.8 Å². The highest BCUT2D eigenvalue weighted by atomic mass is 16.6. The molecule has 4 rings (SSSR count). The second-order valence-electron chi connectivity index (χ2n) is 13.9. The quantitative estimate of drug-likeness (QED) is 0.166. The monoisotopic (exact) mass is 681 g/mol. The van der Waals surface area contributed by atoms with Crippen molar-refractivity contribution in [3.63, 3.8) is 0 Å². The van der Waals surface area contributed by atoms with Crippen LogP contribution in [-0.2, 0) is 33.4 Å². The number of fused-ring (bicyclic) bond motifs is 1. The summed E-state index contributed by atoms with van der Waals surface area (Å²) >= 11 is 0. The molecule has 1 aromatic carbocycles. The number of carbonyl (C=O) groups excluding carboxylic acids is 4. The Bertz CT molecular complexity index is 1340. The van der Waals surface area contributed by atoms with E-state index in [4.69, 9.17) is 14.2 Å². The van der Waals surface area contributed by atoms with Crippen LogP contribution in [-0.4, -0.2) is 101 Å². The number of hydrogen-bond donors (Lipinski definition) is 2. The largest absolute Gasteiger partial charge is 0.455 e. The molecule has 49 heavy (non-hydrogen) atoms. The SMILES string of the molecule is C=CCCC(=O)N[C@H](COC)[C@H](OC(=O)[C@@H]1[C@@H]2CC[C@]3(O2)[C@H](C(=O)N(CC=C)C(C)CCC)N([C@@H](CO)C(C)C)C(=O)[C@@H]13)c1ccccc1. The molecule has 3 aliphatic heterocycles. The highest BCUT2D eigenvalue weighted by molar-refractivity contribution is 5.98. The molecule has 0 aromatic heterocycles. The Labute approximate surface area is 291 Å². The summed E-state index contributed by atoms with van der Waals surface area (Å²) in [6, 6.07) is 6.57. The number of aliphatic hydroxyl groups excluding tert-OH is 1. The van der Waals surface area contributed by atoms with Crippen LogP contribution in [0, 0.1) is 17.8 Å². The number of nitrogens with zero attached hydrogens (tertiary/aromatic N) is 2. The third-order valence-corrected chi connectivity index (χ3v) is 10.4. The normalized spacial score (nSPS) is 26.5. The van der Waals surface area contributed by atoms with Crippen molar-refractivity contribution in [2.45, 2.75) is 108 Å². The fourth-order valence-corrected chi connectivity index (χ4v) is 8.10. The molecule has 0 aliphatic carbocycles. The molecular formula is C38H55N3O8. The van der Waals surface area contributed by atoms with E-state index in [1.54, 1.807) is 17.1 Å². The first-order valence-electron chi connectivity index (χ1n) is 17.7. The number of nitrogens with one attached hydrogen (secondary N) is 1. The molecule has 9 atom stereocenters. The van der Waals surface area contributed by atoms with Gasteiger partial charge < -0.3 is 34.4 Å². The molecule has 3 amide bonds. The zero-order valence-corrected chi connectivity index (χ0v) is 29.7. The molecule has 2 bridgehead atoms. The van der Waals surface area contributed by atoms with Crippen LogP contribution in [0.4, 0.5) is 0 Å². The second kappa shape index (κ2) is 16.9.